The van der Waals surface area contributed by atoms with Crippen molar-refractivity contribution >= 4 is 51.8 Å². The van der Waals surface area contributed by atoms with E-state index in [0.717, 1.165) is 31.5 Å². The first-order chi connectivity index (χ1) is 19.0. The number of halogens is 1. The Kier molecular flexibility index (Phi) is 7.67. The Morgan fingerprint density at radius 2 is 1.72 bits per heavy atom. The van der Waals surface area contributed by atoms with Gasteiger partial charge in [0.2, 0.25) is 11.7 Å². The lowest BCUT2D eigenvalue weighted by molar-refractivity contribution is -0.121. The second-order valence-corrected chi connectivity index (χ2v) is 10.9. The molecule has 2 amide bonds. The van der Waals surface area contributed by atoms with E-state index < -0.39 is 5.91 Å². The number of likely N-dealkylation sites (tertiary alicyclic amines) is 1. The third-order valence-corrected chi connectivity index (χ3v) is 8.23. The number of fused-ring (bicyclic) bond motifs is 1. The molecule has 3 aromatic heterocycles. The van der Waals surface area contributed by atoms with Crippen LogP contribution >= 0.6 is 11.6 Å². The topological polar surface area (TPSA) is 113 Å². The Balaban J connectivity index is 1.26. The molecule has 5 heterocycles. The molecule has 39 heavy (non-hydrogen) atoms. The van der Waals surface area contributed by atoms with Crippen LogP contribution in [0.25, 0.3) is 11.1 Å². The number of hydrogen-bond donors (Lipinski definition) is 2. The molecule has 0 unspecified atom stereocenters. The number of ether oxygens (including phenoxy) is 1. The number of pyridine rings is 2. The van der Waals surface area contributed by atoms with Gasteiger partial charge in [0.25, 0.3) is 5.91 Å². The van der Waals surface area contributed by atoms with Crippen molar-refractivity contribution in [2.45, 2.75) is 44.6 Å². The number of anilines is 3. The van der Waals surface area contributed by atoms with Gasteiger partial charge >= 0.3 is 0 Å². The van der Waals surface area contributed by atoms with Crippen molar-refractivity contribution < 1.29 is 18.7 Å². The van der Waals surface area contributed by atoms with Crippen LogP contribution in [0.1, 0.15) is 49.1 Å². The van der Waals surface area contributed by atoms with E-state index in [0.29, 0.717) is 60.0 Å². The van der Waals surface area contributed by atoms with E-state index in [-0.39, 0.29) is 17.6 Å². The van der Waals surface area contributed by atoms with E-state index in [1.807, 2.05) is 6.07 Å². The highest BCUT2D eigenvalue weighted by molar-refractivity contribution is 6.30. The van der Waals surface area contributed by atoms with Gasteiger partial charge in [0.1, 0.15) is 22.8 Å². The van der Waals surface area contributed by atoms with Gasteiger partial charge in [-0.3, -0.25) is 9.59 Å². The van der Waals surface area contributed by atoms with Gasteiger partial charge in [-0.05, 0) is 75.9 Å². The third kappa shape index (κ3) is 5.73. The highest BCUT2D eigenvalue weighted by Gasteiger charge is 2.32. The first-order valence-corrected chi connectivity index (χ1v) is 14.2. The average molecular weight is 553 g/mol. The number of furan rings is 1. The number of carbonyl (C=O) groups is 2. The molecular weight excluding hydrogens is 520 g/mol. The molecule has 1 saturated carbocycles. The molecule has 0 atom stereocenters. The summed E-state index contributed by atoms with van der Waals surface area (Å²) in [5.41, 5.74) is 1.17. The monoisotopic (exact) mass is 552 g/mol. The SMILES string of the molecule is O=C(Nc1ccc(Cl)cn1)c1oc2ccc(N3CCOCC3)nc2c1NC(=O)[C@H]1CC[C@H](N2CCCC2)CC1. The molecule has 10 nitrogen and oxygen atoms in total. The van der Waals surface area contributed by atoms with Crippen molar-refractivity contribution in [1.82, 2.24) is 14.9 Å². The Hall–Kier alpha value is -3.21. The fourth-order valence-corrected chi connectivity index (χ4v) is 5.98. The number of rotatable bonds is 6. The number of nitrogens with zero attached hydrogens (tertiary/aromatic N) is 4. The average Bonchev–Trinajstić information content (AvgIpc) is 3.63. The van der Waals surface area contributed by atoms with Gasteiger partial charge in [0.05, 0.1) is 18.2 Å². The van der Waals surface area contributed by atoms with Gasteiger partial charge in [-0.15, -0.1) is 0 Å². The molecule has 3 aliphatic rings. The number of carbonyl (C=O) groups excluding carboxylic acids is 2. The third-order valence-electron chi connectivity index (χ3n) is 8.00. The van der Waals surface area contributed by atoms with Gasteiger partial charge in [-0.2, -0.15) is 0 Å². The predicted molar refractivity (Wildman–Crippen MR) is 149 cm³/mol. The smallest absolute Gasteiger partial charge is 0.294 e. The quantitative estimate of drug-likeness (QED) is 0.458. The Labute approximate surface area is 232 Å². The maximum absolute atomic E-state index is 13.5. The maximum Gasteiger partial charge on any atom is 0.294 e. The number of aromatic nitrogens is 2. The van der Waals surface area contributed by atoms with Crippen LogP contribution in [-0.4, -0.2) is 72.1 Å². The van der Waals surface area contributed by atoms with Crippen LogP contribution in [0.5, 0.6) is 0 Å². The van der Waals surface area contributed by atoms with Gasteiger partial charge in [0, 0.05) is 31.2 Å². The molecule has 0 aromatic carbocycles. The fraction of sp³-hybridized carbons (Fsp3) is 0.500. The van der Waals surface area contributed by atoms with Crippen LogP contribution in [0.3, 0.4) is 0 Å². The number of amides is 2. The van der Waals surface area contributed by atoms with E-state index in [2.05, 4.69) is 25.4 Å². The molecule has 6 rings (SSSR count). The van der Waals surface area contributed by atoms with Gasteiger partial charge in [-0.25, -0.2) is 9.97 Å². The number of nitrogens with one attached hydrogen (secondary N) is 2. The minimum Gasteiger partial charge on any atom is -0.447 e. The van der Waals surface area contributed by atoms with E-state index in [1.54, 1.807) is 18.2 Å². The summed E-state index contributed by atoms with van der Waals surface area (Å²) >= 11 is 5.94. The molecule has 2 saturated heterocycles. The van der Waals surface area contributed by atoms with Crippen LogP contribution in [0.15, 0.2) is 34.9 Å². The summed E-state index contributed by atoms with van der Waals surface area (Å²) in [5, 5.41) is 6.24. The normalized spacial score (nSPS) is 22.2. The Morgan fingerprint density at radius 1 is 0.949 bits per heavy atom. The highest BCUT2D eigenvalue weighted by atomic mass is 35.5. The molecule has 206 valence electrons. The zero-order valence-corrected chi connectivity index (χ0v) is 22.6. The van der Waals surface area contributed by atoms with Crippen LogP contribution in [0.4, 0.5) is 17.3 Å². The van der Waals surface area contributed by atoms with Crippen LogP contribution < -0.4 is 15.5 Å². The largest absolute Gasteiger partial charge is 0.447 e. The lowest BCUT2D eigenvalue weighted by Crippen LogP contribution is -2.38. The minimum absolute atomic E-state index is 0.00696. The molecule has 1 aliphatic carbocycles. The molecule has 0 radical (unpaired) electrons. The summed E-state index contributed by atoms with van der Waals surface area (Å²) in [6, 6.07) is 7.47. The first-order valence-electron chi connectivity index (χ1n) is 13.8. The van der Waals surface area contributed by atoms with Crippen molar-refractivity contribution in [2.75, 3.05) is 54.9 Å². The molecular formula is C28H33ClN6O4. The second-order valence-electron chi connectivity index (χ2n) is 10.5. The predicted octanol–water partition coefficient (Wildman–Crippen LogP) is 4.56. The zero-order valence-electron chi connectivity index (χ0n) is 21.8. The van der Waals surface area contributed by atoms with Crippen molar-refractivity contribution in [3.8, 4) is 0 Å². The van der Waals surface area contributed by atoms with Crippen molar-refractivity contribution in [3.63, 3.8) is 0 Å². The lowest BCUT2D eigenvalue weighted by atomic mass is 9.85. The summed E-state index contributed by atoms with van der Waals surface area (Å²) in [5.74, 6) is 0.319. The van der Waals surface area contributed by atoms with E-state index in [1.165, 1.54) is 32.1 Å². The van der Waals surface area contributed by atoms with E-state index in [9.17, 15) is 9.59 Å². The molecule has 0 spiro atoms. The van der Waals surface area contributed by atoms with Crippen LogP contribution in [-0.2, 0) is 9.53 Å². The van der Waals surface area contributed by atoms with E-state index >= 15 is 0 Å². The van der Waals surface area contributed by atoms with Gasteiger partial charge in [-0.1, -0.05) is 11.6 Å². The van der Waals surface area contributed by atoms with Crippen molar-refractivity contribution in [2.24, 2.45) is 5.92 Å². The summed E-state index contributed by atoms with van der Waals surface area (Å²) in [6.45, 7) is 5.01. The van der Waals surface area contributed by atoms with Crippen LogP contribution in [0, 0.1) is 5.92 Å². The van der Waals surface area contributed by atoms with Crippen molar-refractivity contribution in [1.29, 1.82) is 0 Å². The summed E-state index contributed by atoms with van der Waals surface area (Å²) in [7, 11) is 0. The molecule has 11 heteroatoms. The first kappa shape index (κ1) is 26.0. The number of morpholine rings is 1. The molecule has 3 fully saturated rings. The summed E-state index contributed by atoms with van der Waals surface area (Å²) in [6.07, 6.45) is 7.66. The van der Waals surface area contributed by atoms with Gasteiger partial charge in [0.15, 0.2) is 5.58 Å². The fourth-order valence-electron chi connectivity index (χ4n) is 5.87. The Morgan fingerprint density at radius 3 is 2.44 bits per heavy atom. The molecule has 0 bridgehead atoms. The highest BCUT2D eigenvalue weighted by Crippen LogP contribution is 2.35. The maximum atomic E-state index is 13.5. The van der Waals surface area contributed by atoms with Gasteiger partial charge < -0.3 is 29.6 Å². The van der Waals surface area contributed by atoms with E-state index in [4.69, 9.17) is 25.7 Å². The summed E-state index contributed by atoms with van der Waals surface area (Å²) in [4.78, 5) is 40.5. The van der Waals surface area contributed by atoms with Crippen molar-refractivity contribution in [3.05, 3.63) is 41.2 Å². The molecule has 3 aromatic rings. The zero-order chi connectivity index (χ0) is 26.8. The van der Waals surface area contributed by atoms with Crippen LogP contribution in [0.2, 0.25) is 5.02 Å². The Bertz CT molecular complexity index is 1330. The number of hydrogen-bond acceptors (Lipinski definition) is 8. The molecule has 2 N–H and O–H groups in total. The molecule has 2 aliphatic heterocycles. The minimum atomic E-state index is -0.524. The summed E-state index contributed by atoms with van der Waals surface area (Å²) < 4.78 is 11.5. The standard InChI is InChI=1S/C28H33ClN6O4/c29-19-5-9-22(30-17-19)31-28(37)26-25(24-21(39-26)8-10-23(32-24)35-13-15-38-16-14-35)33-27(36)18-3-6-20(7-4-18)34-11-1-2-12-34/h5,8-10,17-18,20H,1-4,6-7,11-16H2,(H,33,36)(H,30,31,37)/t18-,20-. The second kappa shape index (κ2) is 11.5. The lowest BCUT2D eigenvalue weighted by Gasteiger charge is -2.33.